The van der Waals surface area contributed by atoms with Gasteiger partial charge >= 0.3 is 0 Å². The van der Waals surface area contributed by atoms with Gasteiger partial charge in [-0.15, -0.1) is 0 Å². The molecule has 0 bridgehead atoms. The average Bonchev–Trinajstić information content (AvgIpc) is 3.21. The lowest BCUT2D eigenvalue weighted by atomic mass is 10.1. The molecule has 4 rings (SSSR count). The second-order valence-electron chi connectivity index (χ2n) is 6.85. The van der Waals surface area contributed by atoms with E-state index in [0.717, 1.165) is 22.9 Å². The summed E-state index contributed by atoms with van der Waals surface area (Å²) in [6.07, 6.45) is 6.07. The number of rotatable bonds is 5. The molecule has 2 aromatic carbocycles. The first-order valence-corrected chi connectivity index (χ1v) is 10.8. The van der Waals surface area contributed by atoms with Gasteiger partial charge in [-0.25, -0.2) is 13.4 Å². The van der Waals surface area contributed by atoms with Crippen molar-refractivity contribution < 1.29 is 8.42 Å². The SMILES string of the molecule is CC(c1cccc(NS(C)(=O)=O)c1)n1cnc2ccc(-c3cn[nH]c3)cc2c1=O. The van der Waals surface area contributed by atoms with Gasteiger partial charge in [-0.2, -0.15) is 5.10 Å². The van der Waals surface area contributed by atoms with E-state index in [1.165, 1.54) is 6.33 Å². The lowest BCUT2D eigenvalue weighted by molar-refractivity contribution is 0.605. The Hall–Kier alpha value is -3.46. The molecule has 0 amide bonds. The third-order valence-corrected chi connectivity index (χ3v) is 5.31. The van der Waals surface area contributed by atoms with Crippen LogP contribution in [0.5, 0.6) is 0 Å². The van der Waals surface area contributed by atoms with Gasteiger partial charge in [0.2, 0.25) is 10.0 Å². The van der Waals surface area contributed by atoms with E-state index >= 15 is 0 Å². The van der Waals surface area contributed by atoms with Crippen LogP contribution in [-0.4, -0.2) is 34.4 Å². The predicted octanol–water partition coefficient (Wildman–Crippen LogP) is 2.77. The molecule has 0 saturated carbocycles. The smallest absolute Gasteiger partial charge is 0.261 e. The molecule has 4 aromatic rings. The Morgan fingerprint density at radius 3 is 2.69 bits per heavy atom. The highest BCUT2D eigenvalue weighted by atomic mass is 32.2. The summed E-state index contributed by atoms with van der Waals surface area (Å²) in [5, 5.41) is 7.22. The first kappa shape index (κ1) is 18.9. The fourth-order valence-electron chi connectivity index (χ4n) is 3.24. The minimum absolute atomic E-state index is 0.172. The first-order chi connectivity index (χ1) is 13.8. The van der Waals surface area contributed by atoms with Gasteiger partial charge in [0, 0.05) is 17.4 Å². The minimum atomic E-state index is -3.39. The molecule has 0 saturated heterocycles. The standard InChI is InChI=1S/C20H19N5O3S/c1-13(14-4-3-5-17(8-14)24-29(2,27)28)25-12-21-19-7-6-15(9-18(19)20(25)26)16-10-22-23-11-16/h3-13,24H,1-2H3,(H,22,23). The Morgan fingerprint density at radius 2 is 1.97 bits per heavy atom. The Bertz CT molecular complexity index is 1340. The molecule has 8 nitrogen and oxygen atoms in total. The third-order valence-electron chi connectivity index (χ3n) is 4.70. The molecule has 148 valence electrons. The summed E-state index contributed by atoms with van der Waals surface area (Å²) in [5.74, 6) is 0. The fourth-order valence-corrected chi connectivity index (χ4v) is 3.79. The highest BCUT2D eigenvalue weighted by molar-refractivity contribution is 7.92. The van der Waals surface area contributed by atoms with Gasteiger partial charge in [0.05, 0.1) is 35.7 Å². The van der Waals surface area contributed by atoms with E-state index in [1.54, 1.807) is 41.2 Å². The molecule has 0 aliphatic heterocycles. The zero-order chi connectivity index (χ0) is 20.6. The second kappa shape index (κ2) is 7.17. The Balaban J connectivity index is 1.76. The maximum atomic E-state index is 13.2. The normalized spacial score (nSPS) is 12.8. The van der Waals surface area contributed by atoms with Gasteiger partial charge in [0.15, 0.2) is 0 Å². The summed E-state index contributed by atoms with van der Waals surface area (Å²) in [7, 11) is -3.39. The van der Waals surface area contributed by atoms with Crippen molar-refractivity contribution in [3.05, 3.63) is 77.1 Å². The topological polar surface area (TPSA) is 110 Å². The van der Waals surface area contributed by atoms with Gasteiger partial charge in [-0.1, -0.05) is 18.2 Å². The summed E-state index contributed by atoms with van der Waals surface area (Å²) in [6, 6.07) is 12.1. The number of anilines is 1. The number of fused-ring (bicyclic) bond motifs is 1. The molecule has 0 aliphatic carbocycles. The molecule has 2 aromatic heterocycles. The van der Waals surface area contributed by atoms with Crippen LogP contribution in [0.1, 0.15) is 18.5 Å². The van der Waals surface area contributed by atoms with Crippen LogP contribution in [0.3, 0.4) is 0 Å². The molecule has 9 heteroatoms. The van der Waals surface area contributed by atoms with E-state index in [9.17, 15) is 13.2 Å². The van der Waals surface area contributed by atoms with Crippen molar-refractivity contribution in [3.63, 3.8) is 0 Å². The quantitative estimate of drug-likeness (QED) is 0.527. The van der Waals surface area contributed by atoms with Crippen LogP contribution < -0.4 is 10.3 Å². The number of aromatic nitrogens is 4. The van der Waals surface area contributed by atoms with Crippen LogP contribution in [0.4, 0.5) is 5.69 Å². The van der Waals surface area contributed by atoms with E-state index in [0.29, 0.717) is 16.6 Å². The maximum Gasteiger partial charge on any atom is 0.261 e. The maximum absolute atomic E-state index is 13.2. The van der Waals surface area contributed by atoms with Crippen LogP contribution in [0, 0.1) is 0 Å². The van der Waals surface area contributed by atoms with Crippen molar-refractivity contribution in [2.45, 2.75) is 13.0 Å². The number of hydrogen-bond donors (Lipinski definition) is 2. The molecule has 29 heavy (non-hydrogen) atoms. The summed E-state index contributed by atoms with van der Waals surface area (Å²) < 4.78 is 27.0. The van der Waals surface area contributed by atoms with Crippen LogP contribution >= 0.6 is 0 Å². The zero-order valence-electron chi connectivity index (χ0n) is 15.8. The van der Waals surface area contributed by atoms with Gasteiger partial charge in [0.25, 0.3) is 5.56 Å². The van der Waals surface area contributed by atoms with Crippen LogP contribution in [0.25, 0.3) is 22.0 Å². The Morgan fingerprint density at radius 1 is 1.14 bits per heavy atom. The van der Waals surface area contributed by atoms with Crippen molar-refractivity contribution in [2.24, 2.45) is 0 Å². The monoisotopic (exact) mass is 409 g/mol. The Kier molecular flexibility index (Phi) is 4.67. The lowest BCUT2D eigenvalue weighted by Crippen LogP contribution is -2.24. The Labute approximate surface area is 167 Å². The fraction of sp³-hybridized carbons (Fsp3) is 0.150. The number of nitrogens with one attached hydrogen (secondary N) is 2. The molecule has 0 spiro atoms. The highest BCUT2D eigenvalue weighted by Crippen LogP contribution is 2.23. The molecule has 2 N–H and O–H groups in total. The molecular weight excluding hydrogens is 390 g/mol. The molecule has 2 heterocycles. The molecular formula is C20H19N5O3S. The molecule has 1 unspecified atom stereocenters. The van der Waals surface area contributed by atoms with Crippen molar-refractivity contribution >= 4 is 26.6 Å². The van der Waals surface area contributed by atoms with Gasteiger partial charge in [-0.05, 0) is 42.3 Å². The molecule has 0 radical (unpaired) electrons. The number of nitrogens with zero attached hydrogens (tertiary/aromatic N) is 3. The minimum Gasteiger partial charge on any atom is -0.291 e. The van der Waals surface area contributed by atoms with E-state index in [-0.39, 0.29) is 11.6 Å². The van der Waals surface area contributed by atoms with Gasteiger partial charge < -0.3 is 0 Å². The number of sulfonamides is 1. The number of aromatic amines is 1. The van der Waals surface area contributed by atoms with Crippen molar-refractivity contribution in [1.82, 2.24) is 19.7 Å². The first-order valence-electron chi connectivity index (χ1n) is 8.89. The highest BCUT2D eigenvalue weighted by Gasteiger charge is 2.14. The molecule has 1 atom stereocenters. The van der Waals surface area contributed by atoms with Crippen molar-refractivity contribution in [3.8, 4) is 11.1 Å². The summed E-state index contributed by atoms with van der Waals surface area (Å²) in [6.45, 7) is 1.87. The molecule has 0 aliphatic rings. The summed E-state index contributed by atoms with van der Waals surface area (Å²) in [4.78, 5) is 17.6. The van der Waals surface area contributed by atoms with E-state index in [2.05, 4.69) is 19.9 Å². The second-order valence-corrected chi connectivity index (χ2v) is 8.60. The van der Waals surface area contributed by atoms with Crippen LogP contribution in [-0.2, 0) is 10.0 Å². The zero-order valence-corrected chi connectivity index (χ0v) is 16.6. The number of hydrogen-bond acceptors (Lipinski definition) is 5. The van der Waals surface area contributed by atoms with E-state index < -0.39 is 10.0 Å². The largest absolute Gasteiger partial charge is 0.291 e. The van der Waals surface area contributed by atoms with Gasteiger partial charge in [0.1, 0.15) is 0 Å². The van der Waals surface area contributed by atoms with Crippen LogP contribution in [0.2, 0.25) is 0 Å². The van der Waals surface area contributed by atoms with Gasteiger partial charge in [-0.3, -0.25) is 19.2 Å². The van der Waals surface area contributed by atoms with E-state index in [1.807, 2.05) is 25.1 Å². The number of benzene rings is 2. The summed E-state index contributed by atoms with van der Waals surface area (Å²) in [5.41, 5.74) is 3.42. The van der Waals surface area contributed by atoms with E-state index in [4.69, 9.17) is 0 Å². The predicted molar refractivity (Wildman–Crippen MR) is 112 cm³/mol. The average molecular weight is 409 g/mol. The molecule has 0 fully saturated rings. The van der Waals surface area contributed by atoms with Crippen molar-refractivity contribution in [1.29, 1.82) is 0 Å². The lowest BCUT2D eigenvalue weighted by Gasteiger charge is -2.17. The number of H-pyrrole nitrogens is 1. The van der Waals surface area contributed by atoms with Crippen LogP contribution in [0.15, 0.2) is 66.0 Å². The summed E-state index contributed by atoms with van der Waals surface area (Å²) >= 11 is 0. The van der Waals surface area contributed by atoms with Crippen molar-refractivity contribution in [2.75, 3.05) is 11.0 Å². The third kappa shape index (κ3) is 3.90.